The quantitative estimate of drug-likeness (QED) is 0.513. The van der Waals surface area contributed by atoms with Crippen LogP contribution in [0.4, 0.5) is 0 Å². The normalized spacial score (nSPS) is 16.6. The van der Waals surface area contributed by atoms with Crippen molar-refractivity contribution in [1.29, 1.82) is 0 Å². The summed E-state index contributed by atoms with van der Waals surface area (Å²) in [4.78, 5) is 0. The van der Waals surface area contributed by atoms with Crippen LogP contribution in [0.3, 0.4) is 0 Å². The largest absolute Gasteiger partial charge is 0.484 e. The maximum absolute atomic E-state index is 5.29. The summed E-state index contributed by atoms with van der Waals surface area (Å²) in [6, 6.07) is 0. The summed E-state index contributed by atoms with van der Waals surface area (Å²) in [5.74, 6) is 0.852. The second kappa shape index (κ2) is 2.64. The molecule has 50 valence electrons. The zero-order chi connectivity index (χ0) is 6.69. The third kappa shape index (κ3) is 1.85. The SMILES string of the molecule is CC(C)OC1=C[NH2+]N=C1. The number of ether oxygens (including phenoxy) is 1. The molecule has 0 aromatic rings. The maximum atomic E-state index is 5.29. The zero-order valence-corrected chi connectivity index (χ0v) is 5.66. The van der Waals surface area contributed by atoms with E-state index in [9.17, 15) is 0 Å². The third-order valence-corrected chi connectivity index (χ3v) is 0.898. The predicted octanol–water partition coefficient (Wildman–Crippen LogP) is -0.184. The molecule has 1 rings (SSSR count). The molecule has 3 heteroatoms. The number of allylic oxidation sites excluding steroid dienone is 1. The van der Waals surface area contributed by atoms with Gasteiger partial charge in [-0.15, -0.1) is 0 Å². The Bertz CT molecular complexity index is 149. The first-order valence-corrected chi connectivity index (χ1v) is 3.02. The van der Waals surface area contributed by atoms with Crippen LogP contribution in [0.2, 0.25) is 0 Å². The van der Waals surface area contributed by atoms with Crippen molar-refractivity contribution in [3.63, 3.8) is 0 Å². The van der Waals surface area contributed by atoms with Gasteiger partial charge < -0.3 is 4.74 Å². The third-order valence-electron chi connectivity index (χ3n) is 0.898. The number of rotatable bonds is 2. The Kier molecular flexibility index (Phi) is 1.85. The molecule has 0 fully saturated rings. The van der Waals surface area contributed by atoms with Gasteiger partial charge in [0, 0.05) is 0 Å². The Labute approximate surface area is 54.4 Å². The highest BCUT2D eigenvalue weighted by Gasteiger charge is 2.04. The van der Waals surface area contributed by atoms with Crippen LogP contribution >= 0.6 is 0 Å². The molecular weight excluding hydrogens is 116 g/mol. The maximum Gasteiger partial charge on any atom is 0.198 e. The molecule has 0 aliphatic carbocycles. The fourth-order valence-electron chi connectivity index (χ4n) is 0.618. The van der Waals surface area contributed by atoms with Gasteiger partial charge in [-0.3, -0.25) is 0 Å². The highest BCUT2D eigenvalue weighted by atomic mass is 16.5. The molecule has 0 aromatic carbocycles. The standard InChI is InChI=1S/C6H10N2O/c1-5(2)9-6-3-7-8-4-6/h3-5H,1-2H3,(H,7,8)/p+1. The smallest absolute Gasteiger partial charge is 0.198 e. The molecule has 0 atom stereocenters. The van der Waals surface area contributed by atoms with Crippen LogP contribution in [-0.4, -0.2) is 12.3 Å². The summed E-state index contributed by atoms with van der Waals surface area (Å²) in [6.07, 6.45) is 3.80. The van der Waals surface area contributed by atoms with Crippen LogP contribution in [0.1, 0.15) is 13.8 Å². The Morgan fingerprint density at radius 1 is 1.67 bits per heavy atom. The lowest BCUT2D eigenvalue weighted by Crippen LogP contribution is -2.69. The van der Waals surface area contributed by atoms with Gasteiger partial charge in [-0.2, -0.15) is 5.43 Å². The highest BCUT2D eigenvalue weighted by Crippen LogP contribution is 1.97. The minimum atomic E-state index is 0.245. The predicted molar refractivity (Wildman–Crippen MR) is 34.7 cm³/mol. The Balaban J connectivity index is 2.35. The van der Waals surface area contributed by atoms with E-state index in [2.05, 4.69) is 5.10 Å². The molecule has 0 saturated carbocycles. The van der Waals surface area contributed by atoms with Crippen LogP contribution in [-0.2, 0) is 4.74 Å². The summed E-state index contributed by atoms with van der Waals surface area (Å²) in [5, 5.41) is 3.85. The van der Waals surface area contributed by atoms with Crippen LogP contribution in [0.15, 0.2) is 17.1 Å². The summed E-state index contributed by atoms with van der Waals surface area (Å²) >= 11 is 0. The second-order valence-electron chi connectivity index (χ2n) is 2.16. The van der Waals surface area contributed by atoms with Crippen LogP contribution in [0.25, 0.3) is 0 Å². The first-order chi connectivity index (χ1) is 4.29. The van der Waals surface area contributed by atoms with Gasteiger partial charge in [-0.05, 0) is 13.8 Å². The molecule has 1 aliphatic rings. The first-order valence-electron chi connectivity index (χ1n) is 3.02. The van der Waals surface area contributed by atoms with E-state index in [1.165, 1.54) is 0 Å². The summed E-state index contributed by atoms with van der Waals surface area (Å²) < 4.78 is 5.29. The Morgan fingerprint density at radius 2 is 2.44 bits per heavy atom. The number of hydrogen-bond acceptors (Lipinski definition) is 2. The van der Waals surface area contributed by atoms with Crippen molar-refractivity contribution < 1.29 is 10.2 Å². The van der Waals surface area contributed by atoms with Crippen molar-refractivity contribution in [1.82, 2.24) is 0 Å². The fourth-order valence-corrected chi connectivity index (χ4v) is 0.618. The minimum Gasteiger partial charge on any atom is -0.484 e. The molecule has 0 bridgehead atoms. The van der Waals surface area contributed by atoms with Crippen molar-refractivity contribution in [2.75, 3.05) is 0 Å². The Hall–Kier alpha value is -0.830. The topological polar surface area (TPSA) is 38.2 Å². The number of nitrogens with zero attached hydrogens (tertiary/aromatic N) is 1. The van der Waals surface area contributed by atoms with Gasteiger partial charge in [0.2, 0.25) is 0 Å². The molecule has 0 aromatic heterocycles. The average Bonchev–Trinajstić information content (AvgIpc) is 2.15. The van der Waals surface area contributed by atoms with Gasteiger partial charge >= 0.3 is 0 Å². The summed E-state index contributed by atoms with van der Waals surface area (Å²) in [5.41, 5.74) is 1.72. The molecule has 0 spiro atoms. The average molecular weight is 127 g/mol. The minimum absolute atomic E-state index is 0.245. The van der Waals surface area contributed by atoms with Gasteiger partial charge in [-0.25, -0.2) is 0 Å². The van der Waals surface area contributed by atoms with Crippen LogP contribution in [0, 0.1) is 0 Å². The molecule has 0 radical (unpaired) electrons. The van der Waals surface area contributed by atoms with Crippen molar-refractivity contribution >= 4 is 6.21 Å². The molecule has 3 nitrogen and oxygen atoms in total. The van der Waals surface area contributed by atoms with E-state index in [-0.39, 0.29) is 6.10 Å². The number of nitrogens with two attached hydrogens (primary N) is 1. The lowest BCUT2D eigenvalue weighted by atomic mass is 10.4. The van der Waals surface area contributed by atoms with E-state index >= 15 is 0 Å². The van der Waals surface area contributed by atoms with E-state index < -0.39 is 0 Å². The molecule has 9 heavy (non-hydrogen) atoms. The van der Waals surface area contributed by atoms with Crippen molar-refractivity contribution in [3.8, 4) is 0 Å². The van der Waals surface area contributed by atoms with Crippen LogP contribution in [0.5, 0.6) is 0 Å². The van der Waals surface area contributed by atoms with Gasteiger partial charge in [-0.1, -0.05) is 5.10 Å². The van der Waals surface area contributed by atoms with Gasteiger partial charge in [0.25, 0.3) is 0 Å². The monoisotopic (exact) mass is 127 g/mol. The van der Waals surface area contributed by atoms with Gasteiger partial charge in [0.05, 0.1) is 6.10 Å². The van der Waals surface area contributed by atoms with Gasteiger partial charge in [0.15, 0.2) is 12.0 Å². The highest BCUT2D eigenvalue weighted by molar-refractivity contribution is 5.75. The van der Waals surface area contributed by atoms with Crippen molar-refractivity contribution in [2.24, 2.45) is 5.10 Å². The Morgan fingerprint density at radius 3 is 2.89 bits per heavy atom. The second-order valence-corrected chi connectivity index (χ2v) is 2.16. The van der Waals surface area contributed by atoms with Crippen molar-refractivity contribution in [2.45, 2.75) is 20.0 Å². The summed E-state index contributed by atoms with van der Waals surface area (Å²) in [6.45, 7) is 3.99. The van der Waals surface area contributed by atoms with E-state index in [1.807, 2.05) is 20.0 Å². The van der Waals surface area contributed by atoms with Gasteiger partial charge in [0.1, 0.15) is 6.21 Å². The van der Waals surface area contributed by atoms with E-state index in [1.54, 1.807) is 11.6 Å². The molecule has 0 unspecified atom stereocenters. The molecular formula is C6H11N2O+. The zero-order valence-electron chi connectivity index (χ0n) is 5.66. The van der Waals surface area contributed by atoms with E-state index in [0.717, 1.165) is 5.76 Å². The molecule has 1 heterocycles. The summed E-state index contributed by atoms with van der Waals surface area (Å²) in [7, 11) is 0. The fraction of sp³-hybridized carbons (Fsp3) is 0.500. The van der Waals surface area contributed by atoms with Crippen molar-refractivity contribution in [3.05, 3.63) is 12.0 Å². The first kappa shape index (κ1) is 6.29. The molecule has 0 amide bonds. The lowest BCUT2D eigenvalue weighted by Gasteiger charge is -2.04. The molecule has 2 N–H and O–H groups in total. The van der Waals surface area contributed by atoms with Crippen LogP contribution < -0.4 is 5.43 Å². The molecule has 0 saturated heterocycles. The van der Waals surface area contributed by atoms with E-state index in [0.29, 0.717) is 0 Å². The molecule has 1 aliphatic heterocycles. The number of quaternary nitrogens is 1. The van der Waals surface area contributed by atoms with E-state index in [4.69, 9.17) is 4.74 Å². The lowest BCUT2D eigenvalue weighted by molar-refractivity contribution is -0.590. The number of hydrogen-bond donors (Lipinski definition) is 1.